The van der Waals surface area contributed by atoms with Gasteiger partial charge in [-0.05, 0) is 38.1 Å². The van der Waals surface area contributed by atoms with Crippen molar-refractivity contribution in [1.82, 2.24) is 0 Å². The SMILES string of the molecule is CCOC(=O)C(=O)OCC.c1ccc(Nc2ccccc2)cc1. The largest absolute Gasteiger partial charge is 0.458 e. The Kier molecular flexibility index (Phi) is 8.59. The number of nitrogens with one attached hydrogen (secondary N) is 1. The predicted molar refractivity (Wildman–Crippen MR) is 89.4 cm³/mol. The molecule has 0 saturated carbocycles. The minimum Gasteiger partial charge on any atom is -0.458 e. The Bertz CT molecular complexity index is 531. The number of hydrogen-bond donors (Lipinski definition) is 1. The molecule has 1 N–H and O–H groups in total. The van der Waals surface area contributed by atoms with Crippen molar-refractivity contribution >= 4 is 23.3 Å². The Hall–Kier alpha value is -2.82. The number of esters is 2. The standard InChI is InChI=1S/C12H11N.C6H10O4/c1-3-7-11(8-4-1)13-12-9-5-2-6-10-12;1-3-9-5(7)6(8)10-4-2/h1-10,13H;3-4H2,1-2H3. The van der Waals surface area contributed by atoms with E-state index < -0.39 is 11.9 Å². The van der Waals surface area contributed by atoms with Crippen LogP contribution in [-0.4, -0.2) is 25.2 Å². The fourth-order valence-corrected chi connectivity index (χ4v) is 1.59. The molecule has 0 saturated heterocycles. The van der Waals surface area contributed by atoms with E-state index >= 15 is 0 Å². The van der Waals surface area contributed by atoms with Crippen LogP contribution in [0.2, 0.25) is 0 Å². The van der Waals surface area contributed by atoms with Crippen LogP contribution in [0.5, 0.6) is 0 Å². The number of anilines is 2. The summed E-state index contributed by atoms with van der Waals surface area (Å²) < 4.78 is 8.69. The molecule has 5 heteroatoms. The highest BCUT2D eigenvalue weighted by Crippen LogP contribution is 2.14. The van der Waals surface area contributed by atoms with Crippen molar-refractivity contribution in [1.29, 1.82) is 0 Å². The summed E-state index contributed by atoms with van der Waals surface area (Å²) in [5, 5.41) is 3.30. The molecule has 0 bridgehead atoms. The second-order valence-corrected chi connectivity index (χ2v) is 4.30. The average Bonchev–Trinajstić information content (AvgIpc) is 2.58. The van der Waals surface area contributed by atoms with E-state index in [0.29, 0.717) is 0 Å². The zero-order valence-electron chi connectivity index (χ0n) is 13.3. The molecule has 2 rings (SSSR count). The van der Waals surface area contributed by atoms with Crippen LogP contribution in [0.25, 0.3) is 0 Å². The zero-order valence-corrected chi connectivity index (χ0v) is 13.3. The van der Waals surface area contributed by atoms with Gasteiger partial charge in [0.05, 0.1) is 13.2 Å². The van der Waals surface area contributed by atoms with Crippen LogP contribution in [0.15, 0.2) is 60.7 Å². The second kappa shape index (κ2) is 10.8. The van der Waals surface area contributed by atoms with Gasteiger partial charge >= 0.3 is 11.9 Å². The van der Waals surface area contributed by atoms with E-state index in [1.165, 1.54) is 0 Å². The highest BCUT2D eigenvalue weighted by molar-refractivity contribution is 6.29. The maximum atomic E-state index is 10.4. The molecule has 0 amide bonds. The molecule has 0 aliphatic rings. The summed E-state index contributed by atoms with van der Waals surface area (Å²) in [6.45, 7) is 3.63. The molecule has 122 valence electrons. The highest BCUT2D eigenvalue weighted by atomic mass is 16.6. The van der Waals surface area contributed by atoms with Crippen molar-refractivity contribution in [3.05, 3.63) is 60.7 Å². The molecule has 2 aromatic carbocycles. The molecule has 5 nitrogen and oxygen atoms in total. The summed E-state index contributed by atoms with van der Waals surface area (Å²) in [6, 6.07) is 20.3. The molecular formula is C18H21NO4. The first-order chi connectivity index (χ1) is 11.2. The lowest BCUT2D eigenvalue weighted by atomic mass is 10.3. The summed E-state index contributed by atoms with van der Waals surface area (Å²) in [6.07, 6.45) is 0. The van der Waals surface area contributed by atoms with E-state index in [0.717, 1.165) is 11.4 Å². The van der Waals surface area contributed by atoms with E-state index in [9.17, 15) is 9.59 Å². The van der Waals surface area contributed by atoms with Gasteiger partial charge in [-0.2, -0.15) is 0 Å². The second-order valence-electron chi connectivity index (χ2n) is 4.30. The molecule has 2 aromatic rings. The molecule has 0 radical (unpaired) electrons. The topological polar surface area (TPSA) is 64.6 Å². The number of carbonyl (C=O) groups is 2. The Morgan fingerprint density at radius 2 is 1.09 bits per heavy atom. The van der Waals surface area contributed by atoms with E-state index in [-0.39, 0.29) is 13.2 Å². The van der Waals surface area contributed by atoms with Crippen molar-refractivity contribution in [2.75, 3.05) is 18.5 Å². The fourth-order valence-electron chi connectivity index (χ4n) is 1.59. The lowest BCUT2D eigenvalue weighted by Crippen LogP contribution is -2.19. The van der Waals surface area contributed by atoms with Gasteiger partial charge in [0, 0.05) is 11.4 Å². The highest BCUT2D eigenvalue weighted by Gasteiger charge is 2.14. The van der Waals surface area contributed by atoms with Gasteiger partial charge in [-0.3, -0.25) is 0 Å². The Labute approximate surface area is 136 Å². The zero-order chi connectivity index (χ0) is 16.9. The van der Waals surface area contributed by atoms with Gasteiger partial charge in [0.2, 0.25) is 0 Å². The van der Waals surface area contributed by atoms with Gasteiger partial charge in [-0.15, -0.1) is 0 Å². The first-order valence-electron chi connectivity index (χ1n) is 7.38. The van der Waals surface area contributed by atoms with Crippen molar-refractivity contribution < 1.29 is 19.1 Å². The number of carbonyl (C=O) groups excluding carboxylic acids is 2. The van der Waals surface area contributed by atoms with Gasteiger partial charge in [0.25, 0.3) is 0 Å². The maximum absolute atomic E-state index is 10.4. The Morgan fingerprint density at radius 3 is 1.39 bits per heavy atom. The van der Waals surface area contributed by atoms with Crippen LogP contribution < -0.4 is 5.32 Å². The molecule has 0 fully saturated rings. The first kappa shape index (κ1) is 18.2. The quantitative estimate of drug-likeness (QED) is 0.690. The summed E-state index contributed by atoms with van der Waals surface area (Å²) in [4.78, 5) is 20.9. The average molecular weight is 315 g/mol. The minimum atomic E-state index is -0.927. The van der Waals surface area contributed by atoms with Crippen molar-refractivity contribution in [3.63, 3.8) is 0 Å². The summed E-state index contributed by atoms with van der Waals surface area (Å²) in [5.41, 5.74) is 2.24. The van der Waals surface area contributed by atoms with Gasteiger partial charge < -0.3 is 14.8 Å². The molecule has 0 aromatic heterocycles. The van der Waals surface area contributed by atoms with E-state index in [1.54, 1.807) is 13.8 Å². The lowest BCUT2D eigenvalue weighted by Gasteiger charge is -2.04. The molecule has 0 heterocycles. The van der Waals surface area contributed by atoms with Crippen molar-refractivity contribution in [3.8, 4) is 0 Å². The molecule has 0 unspecified atom stereocenters. The van der Waals surface area contributed by atoms with Crippen molar-refractivity contribution in [2.45, 2.75) is 13.8 Å². The van der Waals surface area contributed by atoms with E-state index in [4.69, 9.17) is 0 Å². The minimum absolute atomic E-state index is 0.192. The van der Waals surface area contributed by atoms with Gasteiger partial charge in [-0.1, -0.05) is 36.4 Å². The normalized spacial score (nSPS) is 9.13. The van der Waals surface area contributed by atoms with Crippen LogP contribution in [0, 0.1) is 0 Å². The molecular weight excluding hydrogens is 294 g/mol. The van der Waals surface area contributed by atoms with Gasteiger partial charge in [0.1, 0.15) is 0 Å². The molecule has 0 atom stereocenters. The predicted octanol–water partition coefficient (Wildman–Crippen LogP) is 3.54. The third-order valence-electron chi connectivity index (χ3n) is 2.55. The molecule has 0 spiro atoms. The lowest BCUT2D eigenvalue weighted by molar-refractivity contribution is -0.167. The van der Waals surface area contributed by atoms with Crippen LogP contribution in [-0.2, 0) is 19.1 Å². The van der Waals surface area contributed by atoms with Gasteiger partial charge in [-0.25, -0.2) is 9.59 Å². The smallest absolute Gasteiger partial charge is 0.417 e. The fraction of sp³-hybridized carbons (Fsp3) is 0.222. The maximum Gasteiger partial charge on any atom is 0.417 e. The first-order valence-corrected chi connectivity index (χ1v) is 7.38. The number of ether oxygens (including phenoxy) is 2. The third-order valence-corrected chi connectivity index (χ3v) is 2.55. The number of para-hydroxylation sites is 2. The Morgan fingerprint density at radius 1 is 0.739 bits per heavy atom. The number of hydrogen-bond acceptors (Lipinski definition) is 5. The van der Waals surface area contributed by atoms with E-state index in [1.807, 2.05) is 60.7 Å². The third kappa shape index (κ3) is 7.66. The summed E-state index contributed by atoms with van der Waals surface area (Å²) in [5.74, 6) is -1.85. The van der Waals surface area contributed by atoms with Crippen LogP contribution in [0.4, 0.5) is 11.4 Å². The summed E-state index contributed by atoms with van der Waals surface area (Å²) >= 11 is 0. The number of benzene rings is 2. The molecule has 0 aliphatic carbocycles. The monoisotopic (exact) mass is 315 g/mol. The van der Waals surface area contributed by atoms with Crippen LogP contribution >= 0.6 is 0 Å². The van der Waals surface area contributed by atoms with Gasteiger partial charge in [0.15, 0.2) is 0 Å². The molecule has 23 heavy (non-hydrogen) atoms. The van der Waals surface area contributed by atoms with E-state index in [2.05, 4.69) is 14.8 Å². The Balaban J connectivity index is 0.000000241. The van der Waals surface area contributed by atoms with Crippen LogP contribution in [0.1, 0.15) is 13.8 Å². The molecule has 0 aliphatic heterocycles. The van der Waals surface area contributed by atoms with Crippen LogP contribution in [0.3, 0.4) is 0 Å². The van der Waals surface area contributed by atoms with Crippen molar-refractivity contribution in [2.24, 2.45) is 0 Å². The summed E-state index contributed by atoms with van der Waals surface area (Å²) in [7, 11) is 0. The number of rotatable bonds is 4.